The van der Waals surface area contributed by atoms with E-state index in [-0.39, 0.29) is 0 Å². The molecule has 112 valence electrons. The first kappa shape index (κ1) is 14.8. The van der Waals surface area contributed by atoms with Gasteiger partial charge in [-0.2, -0.15) is 5.10 Å². The molecular weight excluding hydrogens is 304 g/mol. The minimum absolute atomic E-state index is 0.543. The highest BCUT2D eigenvalue weighted by Crippen LogP contribution is 2.25. The number of thiophene rings is 1. The maximum absolute atomic E-state index is 6.01. The largest absolute Gasteiger partial charge is 0.354 e. The Bertz CT molecular complexity index is 574. The van der Waals surface area contributed by atoms with Gasteiger partial charge in [0.15, 0.2) is 5.82 Å². The molecule has 0 N–H and O–H groups in total. The number of rotatable bonds is 4. The highest BCUT2D eigenvalue weighted by molar-refractivity contribution is 7.16. The first-order valence-electron chi connectivity index (χ1n) is 7.19. The van der Waals surface area contributed by atoms with Crippen molar-refractivity contribution in [3.63, 3.8) is 0 Å². The predicted molar refractivity (Wildman–Crippen MR) is 88.1 cm³/mol. The van der Waals surface area contributed by atoms with Gasteiger partial charge < -0.3 is 4.90 Å². The second-order valence-corrected chi connectivity index (χ2v) is 7.24. The topological polar surface area (TPSA) is 32.3 Å². The molecule has 1 aliphatic rings. The van der Waals surface area contributed by atoms with Gasteiger partial charge in [0.1, 0.15) is 0 Å². The van der Waals surface area contributed by atoms with E-state index in [9.17, 15) is 0 Å². The van der Waals surface area contributed by atoms with Crippen molar-refractivity contribution in [3.8, 4) is 0 Å². The van der Waals surface area contributed by atoms with Crippen molar-refractivity contribution >= 4 is 28.8 Å². The molecule has 0 radical (unpaired) electrons. The number of likely N-dealkylation sites (N-methyl/N-ethyl adjacent to an activating group) is 1. The molecule has 0 saturated carbocycles. The summed E-state index contributed by atoms with van der Waals surface area (Å²) >= 11 is 7.67. The van der Waals surface area contributed by atoms with Crippen LogP contribution >= 0.6 is 22.9 Å². The van der Waals surface area contributed by atoms with E-state index in [0.717, 1.165) is 29.8 Å². The van der Waals surface area contributed by atoms with Crippen molar-refractivity contribution in [1.82, 2.24) is 15.1 Å². The zero-order valence-corrected chi connectivity index (χ0v) is 13.6. The molecule has 1 saturated heterocycles. The molecule has 3 heterocycles. The van der Waals surface area contributed by atoms with Gasteiger partial charge in [-0.15, -0.1) is 16.4 Å². The van der Waals surface area contributed by atoms with Crippen LogP contribution in [0.1, 0.15) is 17.7 Å². The minimum Gasteiger partial charge on any atom is -0.354 e. The van der Waals surface area contributed by atoms with E-state index in [1.807, 2.05) is 18.2 Å². The van der Waals surface area contributed by atoms with Gasteiger partial charge in [-0.3, -0.25) is 4.90 Å². The van der Waals surface area contributed by atoms with E-state index >= 15 is 0 Å². The van der Waals surface area contributed by atoms with Crippen LogP contribution < -0.4 is 4.90 Å². The Morgan fingerprint density at radius 3 is 3.05 bits per heavy atom. The molecule has 6 heteroatoms. The van der Waals surface area contributed by atoms with Crippen molar-refractivity contribution in [3.05, 3.63) is 39.7 Å². The number of piperidine rings is 1. The van der Waals surface area contributed by atoms with Crippen LogP contribution in [0.3, 0.4) is 0 Å². The molecule has 2 aromatic heterocycles. The van der Waals surface area contributed by atoms with Gasteiger partial charge in [0.2, 0.25) is 0 Å². The SMILES string of the molecule is CN(Cc1ccc(Cl)s1)[C@@H]1CCCN(c2cccnn2)C1. The highest BCUT2D eigenvalue weighted by atomic mass is 35.5. The van der Waals surface area contributed by atoms with Gasteiger partial charge in [0.25, 0.3) is 0 Å². The van der Waals surface area contributed by atoms with E-state index in [1.165, 1.54) is 17.7 Å². The van der Waals surface area contributed by atoms with E-state index in [1.54, 1.807) is 17.5 Å². The lowest BCUT2D eigenvalue weighted by atomic mass is 10.0. The lowest BCUT2D eigenvalue weighted by Crippen LogP contribution is -2.46. The fourth-order valence-electron chi connectivity index (χ4n) is 2.80. The third kappa shape index (κ3) is 3.73. The molecule has 2 aromatic rings. The van der Waals surface area contributed by atoms with Crippen LogP contribution in [-0.2, 0) is 6.54 Å². The quantitative estimate of drug-likeness (QED) is 0.864. The Hall–Kier alpha value is -1.17. The van der Waals surface area contributed by atoms with Crippen LogP contribution in [0.15, 0.2) is 30.5 Å². The van der Waals surface area contributed by atoms with E-state index in [4.69, 9.17) is 11.6 Å². The Morgan fingerprint density at radius 1 is 1.43 bits per heavy atom. The van der Waals surface area contributed by atoms with Gasteiger partial charge in [-0.25, -0.2) is 0 Å². The van der Waals surface area contributed by atoms with E-state index in [0.29, 0.717) is 6.04 Å². The zero-order chi connectivity index (χ0) is 14.7. The van der Waals surface area contributed by atoms with Gasteiger partial charge in [-0.05, 0) is 44.2 Å². The first-order valence-corrected chi connectivity index (χ1v) is 8.39. The van der Waals surface area contributed by atoms with Gasteiger partial charge in [0, 0.05) is 36.8 Å². The molecule has 0 aliphatic carbocycles. The van der Waals surface area contributed by atoms with Crippen LogP contribution in [-0.4, -0.2) is 41.3 Å². The summed E-state index contributed by atoms with van der Waals surface area (Å²) in [7, 11) is 2.19. The van der Waals surface area contributed by atoms with Gasteiger partial charge >= 0.3 is 0 Å². The molecule has 1 aliphatic heterocycles. The van der Waals surface area contributed by atoms with Crippen LogP contribution in [0.4, 0.5) is 5.82 Å². The Labute approximate surface area is 134 Å². The Balaban J connectivity index is 1.62. The van der Waals surface area contributed by atoms with Crippen molar-refractivity contribution < 1.29 is 0 Å². The van der Waals surface area contributed by atoms with Crippen molar-refractivity contribution in [2.24, 2.45) is 0 Å². The monoisotopic (exact) mass is 322 g/mol. The first-order chi connectivity index (χ1) is 10.2. The number of halogens is 1. The summed E-state index contributed by atoms with van der Waals surface area (Å²) in [6.07, 6.45) is 4.14. The minimum atomic E-state index is 0.543. The summed E-state index contributed by atoms with van der Waals surface area (Å²) in [4.78, 5) is 6.07. The molecule has 0 spiro atoms. The molecule has 4 nitrogen and oxygen atoms in total. The highest BCUT2D eigenvalue weighted by Gasteiger charge is 2.24. The maximum Gasteiger partial charge on any atom is 0.151 e. The van der Waals surface area contributed by atoms with E-state index in [2.05, 4.69) is 33.1 Å². The summed E-state index contributed by atoms with van der Waals surface area (Å²) in [5, 5.41) is 8.21. The number of hydrogen-bond donors (Lipinski definition) is 0. The smallest absolute Gasteiger partial charge is 0.151 e. The van der Waals surface area contributed by atoms with Crippen molar-refractivity contribution in [2.45, 2.75) is 25.4 Å². The second kappa shape index (κ2) is 6.73. The summed E-state index contributed by atoms with van der Waals surface area (Å²) in [5.74, 6) is 0.981. The molecule has 21 heavy (non-hydrogen) atoms. The summed E-state index contributed by atoms with van der Waals surface area (Å²) in [5.41, 5.74) is 0. The molecule has 0 amide bonds. The fourth-order valence-corrected chi connectivity index (χ4v) is 3.95. The second-order valence-electron chi connectivity index (χ2n) is 5.44. The Morgan fingerprint density at radius 2 is 2.33 bits per heavy atom. The van der Waals surface area contributed by atoms with Crippen molar-refractivity contribution in [2.75, 3.05) is 25.0 Å². The number of hydrogen-bond acceptors (Lipinski definition) is 5. The molecule has 0 bridgehead atoms. The standard InChI is InChI=1S/C15H19ClN4S/c1-19(11-13-6-7-14(16)21-13)12-4-3-9-20(10-12)15-5-2-8-17-18-15/h2,5-8,12H,3-4,9-11H2,1H3/t12-/m1/s1. The molecular formula is C15H19ClN4S. The van der Waals surface area contributed by atoms with Crippen molar-refractivity contribution in [1.29, 1.82) is 0 Å². The molecule has 0 aromatic carbocycles. The molecule has 3 rings (SSSR count). The zero-order valence-electron chi connectivity index (χ0n) is 12.1. The summed E-state index contributed by atoms with van der Waals surface area (Å²) < 4.78 is 0.864. The third-order valence-corrected chi connectivity index (χ3v) is 5.15. The lowest BCUT2D eigenvalue weighted by Gasteiger charge is -2.37. The van der Waals surface area contributed by atoms with Crippen LogP contribution in [0.2, 0.25) is 4.34 Å². The average Bonchev–Trinajstić information content (AvgIpc) is 2.93. The van der Waals surface area contributed by atoms with Gasteiger partial charge in [-0.1, -0.05) is 11.6 Å². The normalized spacial score (nSPS) is 19.2. The predicted octanol–water partition coefficient (Wildman–Crippen LogP) is 3.29. The van der Waals surface area contributed by atoms with Gasteiger partial charge in [0.05, 0.1) is 4.34 Å². The van der Waals surface area contributed by atoms with Crippen LogP contribution in [0.25, 0.3) is 0 Å². The Kier molecular flexibility index (Phi) is 4.73. The number of nitrogens with zero attached hydrogens (tertiary/aromatic N) is 4. The fraction of sp³-hybridized carbons (Fsp3) is 0.467. The molecule has 0 unspecified atom stereocenters. The lowest BCUT2D eigenvalue weighted by molar-refractivity contribution is 0.209. The number of anilines is 1. The number of aromatic nitrogens is 2. The summed E-state index contributed by atoms with van der Waals surface area (Å²) in [6, 6.07) is 8.62. The van der Waals surface area contributed by atoms with E-state index < -0.39 is 0 Å². The molecule has 1 fully saturated rings. The average molecular weight is 323 g/mol. The van der Waals surface area contributed by atoms with Crippen LogP contribution in [0, 0.1) is 0 Å². The maximum atomic E-state index is 6.01. The third-order valence-electron chi connectivity index (χ3n) is 3.94. The molecule has 1 atom stereocenters. The van der Waals surface area contributed by atoms with Crippen LogP contribution in [0.5, 0.6) is 0 Å². The summed E-state index contributed by atoms with van der Waals surface area (Å²) in [6.45, 7) is 3.03.